The van der Waals surface area contributed by atoms with Crippen LogP contribution < -0.4 is 0 Å². The van der Waals surface area contributed by atoms with Crippen LogP contribution in [0.3, 0.4) is 0 Å². The monoisotopic (exact) mass is 283 g/mol. The summed E-state index contributed by atoms with van der Waals surface area (Å²) < 4.78 is 0.997. The van der Waals surface area contributed by atoms with Crippen molar-refractivity contribution in [3.05, 3.63) is 39.0 Å². The number of halogens is 2. The maximum atomic E-state index is 6.32. The average Bonchev–Trinajstić information content (AvgIpc) is 2.24. The second-order valence-corrected chi connectivity index (χ2v) is 4.72. The molecule has 0 spiro atoms. The molecular formula is C12H11BrClN. The van der Waals surface area contributed by atoms with E-state index in [0.29, 0.717) is 0 Å². The van der Waals surface area contributed by atoms with E-state index >= 15 is 0 Å². The zero-order valence-corrected chi connectivity index (χ0v) is 11.0. The molecule has 15 heavy (non-hydrogen) atoms. The van der Waals surface area contributed by atoms with Crippen LogP contribution in [0.25, 0.3) is 10.9 Å². The topological polar surface area (TPSA) is 12.9 Å². The first-order chi connectivity index (χ1) is 7.15. The van der Waals surface area contributed by atoms with E-state index in [1.165, 1.54) is 0 Å². The average molecular weight is 285 g/mol. The smallest absolute Gasteiger partial charge is 0.0862 e. The molecule has 2 aromatic rings. The summed E-state index contributed by atoms with van der Waals surface area (Å²) in [5.74, 6) is 0. The highest BCUT2D eigenvalue weighted by molar-refractivity contribution is 9.10. The molecule has 0 fully saturated rings. The third kappa shape index (κ3) is 1.77. The Morgan fingerprint density at radius 2 is 2.13 bits per heavy atom. The van der Waals surface area contributed by atoms with Gasteiger partial charge in [-0.25, -0.2) is 0 Å². The van der Waals surface area contributed by atoms with Crippen molar-refractivity contribution >= 4 is 38.4 Å². The molecule has 0 amide bonds. The van der Waals surface area contributed by atoms with Gasteiger partial charge in [0.15, 0.2) is 0 Å². The number of aromatic nitrogens is 1. The standard InChI is InChI=1S/C12H11BrClN/c1-3-10-7(2)11(14)8-5-4-6-9(13)12(8)15-10/h4-6H,3H2,1-2H3. The third-order valence-corrected chi connectivity index (χ3v) is 3.69. The van der Waals surface area contributed by atoms with E-state index in [2.05, 4.69) is 27.8 Å². The molecule has 0 N–H and O–H groups in total. The second kappa shape index (κ2) is 4.11. The van der Waals surface area contributed by atoms with E-state index in [-0.39, 0.29) is 0 Å². The van der Waals surface area contributed by atoms with Gasteiger partial charge in [0, 0.05) is 15.6 Å². The van der Waals surface area contributed by atoms with Gasteiger partial charge in [-0.05, 0) is 40.9 Å². The first-order valence-corrected chi connectivity index (χ1v) is 6.05. The SMILES string of the molecule is CCc1nc2c(Br)cccc2c(Cl)c1C. The fourth-order valence-electron chi connectivity index (χ4n) is 1.70. The van der Waals surface area contributed by atoms with Crippen molar-refractivity contribution in [1.82, 2.24) is 4.98 Å². The molecule has 78 valence electrons. The zero-order chi connectivity index (χ0) is 11.0. The van der Waals surface area contributed by atoms with Crippen LogP contribution in [-0.4, -0.2) is 4.98 Å². The Labute approximate surface area is 103 Å². The Bertz CT molecular complexity index is 523. The van der Waals surface area contributed by atoms with Crippen LogP contribution in [0.2, 0.25) is 5.02 Å². The Morgan fingerprint density at radius 3 is 2.80 bits per heavy atom. The summed E-state index contributed by atoms with van der Waals surface area (Å²) in [5.41, 5.74) is 3.11. The Balaban J connectivity index is 2.91. The Hall–Kier alpha value is -0.600. The Kier molecular flexibility index (Phi) is 2.98. The number of hydrogen-bond donors (Lipinski definition) is 0. The molecule has 1 aromatic heterocycles. The maximum Gasteiger partial charge on any atom is 0.0862 e. The summed E-state index contributed by atoms with van der Waals surface area (Å²) in [4.78, 5) is 4.62. The molecular weight excluding hydrogens is 273 g/mol. The molecule has 1 heterocycles. The van der Waals surface area contributed by atoms with Crippen molar-refractivity contribution < 1.29 is 0 Å². The minimum Gasteiger partial charge on any atom is -0.251 e. The lowest BCUT2D eigenvalue weighted by molar-refractivity contribution is 1.03. The molecule has 0 aliphatic rings. The van der Waals surface area contributed by atoms with Crippen molar-refractivity contribution in [2.24, 2.45) is 0 Å². The number of para-hydroxylation sites is 1. The van der Waals surface area contributed by atoms with Gasteiger partial charge in [0.2, 0.25) is 0 Å². The van der Waals surface area contributed by atoms with E-state index in [4.69, 9.17) is 11.6 Å². The number of hydrogen-bond acceptors (Lipinski definition) is 1. The van der Waals surface area contributed by atoms with Crippen LogP contribution in [0, 0.1) is 6.92 Å². The van der Waals surface area contributed by atoms with Crippen LogP contribution in [0.15, 0.2) is 22.7 Å². The number of rotatable bonds is 1. The molecule has 0 saturated heterocycles. The molecule has 0 aliphatic carbocycles. The number of aryl methyl sites for hydroxylation is 1. The second-order valence-electron chi connectivity index (χ2n) is 3.49. The van der Waals surface area contributed by atoms with Gasteiger partial charge in [-0.3, -0.25) is 4.98 Å². The molecule has 0 aliphatic heterocycles. The van der Waals surface area contributed by atoms with Crippen molar-refractivity contribution in [2.45, 2.75) is 20.3 Å². The molecule has 0 saturated carbocycles. The molecule has 3 heteroatoms. The van der Waals surface area contributed by atoms with E-state index in [1.54, 1.807) is 0 Å². The molecule has 0 unspecified atom stereocenters. The highest BCUT2D eigenvalue weighted by Crippen LogP contribution is 2.31. The summed E-state index contributed by atoms with van der Waals surface area (Å²) in [6.07, 6.45) is 0.906. The van der Waals surface area contributed by atoms with Crippen LogP contribution >= 0.6 is 27.5 Å². The highest BCUT2D eigenvalue weighted by Gasteiger charge is 2.10. The van der Waals surface area contributed by atoms with Crippen molar-refractivity contribution in [2.75, 3.05) is 0 Å². The number of nitrogens with zero attached hydrogens (tertiary/aromatic N) is 1. The largest absolute Gasteiger partial charge is 0.251 e. The third-order valence-electron chi connectivity index (χ3n) is 2.57. The predicted molar refractivity (Wildman–Crippen MR) is 68.6 cm³/mol. The van der Waals surface area contributed by atoms with E-state index in [1.807, 2.05) is 25.1 Å². The van der Waals surface area contributed by atoms with Crippen molar-refractivity contribution in [1.29, 1.82) is 0 Å². The molecule has 1 aromatic carbocycles. The van der Waals surface area contributed by atoms with Gasteiger partial charge >= 0.3 is 0 Å². The fourth-order valence-corrected chi connectivity index (χ4v) is 2.41. The van der Waals surface area contributed by atoms with Gasteiger partial charge in [-0.2, -0.15) is 0 Å². The first kappa shape index (κ1) is 10.9. The van der Waals surface area contributed by atoms with Crippen LogP contribution in [0.5, 0.6) is 0 Å². The molecule has 1 nitrogen and oxygen atoms in total. The lowest BCUT2D eigenvalue weighted by Gasteiger charge is -2.09. The summed E-state index contributed by atoms with van der Waals surface area (Å²) in [7, 11) is 0. The molecule has 0 atom stereocenters. The number of pyridine rings is 1. The van der Waals surface area contributed by atoms with E-state index < -0.39 is 0 Å². The first-order valence-electron chi connectivity index (χ1n) is 4.88. The minimum atomic E-state index is 0.818. The quantitative estimate of drug-likeness (QED) is 0.750. The molecule has 0 bridgehead atoms. The predicted octanol–water partition coefficient (Wildman–Crippen LogP) is 4.52. The summed E-state index contributed by atoms with van der Waals surface area (Å²) in [6, 6.07) is 5.97. The van der Waals surface area contributed by atoms with Crippen LogP contribution in [-0.2, 0) is 6.42 Å². The molecule has 2 rings (SSSR count). The van der Waals surface area contributed by atoms with E-state index in [9.17, 15) is 0 Å². The Morgan fingerprint density at radius 1 is 1.40 bits per heavy atom. The van der Waals surface area contributed by atoms with Gasteiger partial charge in [-0.1, -0.05) is 30.7 Å². The minimum absolute atomic E-state index is 0.818. The zero-order valence-electron chi connectivity index (χ0n) is 8.64. The normalized spacial score (nSPS) is 10.9. The number of fused-ring (bicyclic) bond motifs is 1. The fraction of sp³-hybridized carbons (Fsp3) is 0.250. The summed E-state index contributed by atoms with van der Waals surface area (Å²) >= 11 is 9.82. The molecule has 0 radical (unpaired) electrons. The van der Waals surface area contributed by atoms with Gasteiger partial charge in [0.25, 0.3) is 0 Å². The lowest BCUT2D eigenvalue weighted by atomic mass is 10.1. The summed E-state index contributed by atoms with van der Waals surface area (Å²) in [5, 5.41) is 1.83. The van der Waals surface area contributed by atoms with Gasteiger partial charge in [0.05, 0.1) is 10.5 Å². The van der Waals surface area contributed by atoms with Gasteiger partial charge in [0.1, 0.15) is 0 Å². The van der Waals surface area contributed by atoms with Crippen LogP contribution in [0.1, 0.15) is 18.2 Å². The van der Waals surface area contributed by atoms with Gasteiger partial charge in [-0.15, -0.1) is 0 Å². The van der Waals surface area contributed by atoms with Gasteiger partial charge < -0.3 is 0 Å². The van der Waals surface area contributed by atoms with Crippen molar-refractivity contribution in [3.63, 3.8) is 0 Å². The van der Waals surface area contributed by atoms with E-state index in [0.717, 1.165) is 38.1 Å². The summed E-state index contributed by atoms with van der Waals surface area (Å²) in [6.45, 7) is 4.11. The number of benzene rings is 1. The maximum absolute atomic E-state index is 6.32. The van der Waals surface area contributed by atoms with Crippen molar-refractivity contribution in [3.8, 4) is 0 Å². The van der Waals surface area contributed by atoms with Crippen LogP contribution in [0.4, 0.5) is 0 Å². The highest BCUT2D eigenvalue weighted by atomic mass is 79.9. The lowest BCUT2D eigenvalue weighted by Crippen LogP contribution is -1.95.